The second-order valence-electron chi connectivity index (χ2n) is 10.3. The number of likely N-dealkylation sites (N-methyl/N-ethyl adjacent to an activating group) is 1. The second kappa shape index (κ2) is 12.4. The van der Waals surface area contributed by atoms with Crippen molar-refractivity contribution in [1.82, 2.24) is 25.1 Å². The van der Waals surface area contributed by atoms with Gasteiger partial charge in [0.15, 0.2) is 0 Å². The summed E-state index contributed by atoms with van der Waals surface area (Å²) in [7, 11) is 1.71. The molecule has 2 aliphatic heterocycles. The molecule has 8 nitrogen and oxygen atoms in total. The highest BCUT2D eigenvalue weighted by atomic mass is 19.1. The number of halogens is 1. The normalized spacial score (nSPS) is 20.9. The first-order chi connectivity index (χ1) is 18.3. The van der Waals surface area contributed by atoms with Gasteiger partial charge < -0.3 is 15.1 Å². The van der Waals surface area contributed by atoms with Crippen molar-refractivity contribution in [2.45, 2.75) is 58.3 Å². The molecule has 0 aliphatic carbocycles. The molecular weight excluding hydrogens is 485 g/mol. The summed E-state index contributed by atoms with van der Waals surface area (Å²) in [6, 6.07) is 15.3. The minimum absolute atomic E-state index is 0.0117. The van der Waals surface area contributed by atoms with Crippen molar-refractivity contribution in [3.05, 3.63) is 71.5 Å². The highest BCUT2D eigenvalue weighted by molar-refractivity contribution is 5.91. The van der Waals surface area contributed by atoms with Crippen LogP contribution in [0.2, 0.25) is 0 Å². The van der Waals surface area contributed by atoms with Gasteiger partial charge in [-0.2, -0.15) is 0 Å². The Morgan fingerprint density at radius 1 is 1.05 bits per heavy atom. The number of urea groups is 1. The Morgan fingerprint density at radius 2 is 1.76 bits per heavy atom. The Labute approximate surface area is 224 Å². The molecule has 3 atom stereocenters. The van der Waals surface area contributed by atoms with E-state index in [-0.39, 0.29) is 49.2 Å². The lowest BCUT2D eigenvalue weighted by Crippen LogP contribution is -2.76. The summed E-state index contributed by atoms with van der Waals surface area (Å²) in [6.07, 6.45) is 2.85. The largest absolute Gasteiger partial charge is 0.337 e. The fraction of sp³-hybridized carbons (Fsp3) is 0.483. The maximum absolute atomic E-state index is 13.7. The number of benzene rings is 2. The Hall–Kier alpha value is -3.46. The van der Waals surface area contributed by atoms with Crippen molar-refractivity contribution in [1.29, 1.82) is 0 Å². The fourth-order valence-corrected chi connectivity index (χ4v) is 5.33. The standard InChI is InChI=1S/C29H38FN5O3/c1-4-21(2)27-28(37)33(17-9-8-12-22-10-6-5-7-11-22)19-25-34(27)26(36)20-32(3)35(25)29(38)31-18-23-13-15-24(30)16-14-23/h5-7,10-11,13-16,21,25,27H,4,8-9,12,17-20H2,1-3H3,(H,31,38)/t21?,25-,27-/m0/s1. The van der Waals surface area contributed by atoms with E-state index in [0.29, 0.717) is 6.54 Å². The monoisotopic (exact) mass is 523 g/mol. The van der Waals surface area contributed by atoms with Gasteiger partial charge in [0.2, 0.25) is 11.8 Å². The fourth-order valence-electron chi connectivity index (χ4n) is 5.33. The lowest BCUT2D eigenvalue weighted by Gasteiger charge is -2.55. The molecule has 2 aromatic carbocycles. The van der Waals surface area contributed by atoms with Crippen molar-refractivity contribution in [2.75, 3.05) is 26.7 Å². The third kappa shape index (κ3) is 6.15. The molecule has 0 saturated carbocycles. The van der Waals surface area contributed by atoms with Gasteiger partial charge in [0, 0.05) is 20.1 Å². The number of hydrazine groups is 1. The maximum Gasteiger partial charge on any atom is 0.334 e. The first kappa shape index (κ1) is 27.6. The summed E-state index contributed by atoms with van der Waals surface area (Å²) in [6.45, 7) is 5.07. The number of carbonyl (C=O) groups excluding carboxylic acids is 3. The number of aryl methyl sites for hydroxylation is 1. The molecule has 2 heterocycles. The molecule has 0 bridgehead atoms. The number of piperazine rings is 1. The Bertz CT molecular complexity index is 1110. The molecule has 38 heavy (non-hydrogen) atoms. The number of nitrogens with zero attached hydrogens (tertiary/aromatic N) is 4. The van der Waals surface area contributed by atoms with Crippen LogP contribution in [0.25, 0.3) is 0 Å². The average Bonchev–Trinajstić information content (AvgIpc) is 2.91. The molecule has 1 unspecified atom stereocenters. The van der Waals surface area contributed by atoms with Gasteiger partial charge in [-0.1, -0.05) is 62.7 Å². The first-order valence-electron chi connectivity index (χ1n) is 13.5. The lowest BCUT2D eigenvalue weighted by atomic mass is 9.92. The molecule has 0 radical (unpaired) electrons. The van der Waals surface area contributed by atoms with Crippen molar-refractivity contribution >= 4 is 17.8 Å². The van der Waals surface area contributed by atoms with Crippen molar-refractivity contribution in [3.8, 4) is 0 Å². The van der Waals surface area contributed by atoms with Crippen LogP contribution in [0.3, 0.4) is 0 Å². The van der Waals surface area contributed by atoms with Crippen LogP contribution in [0.1, 0.15) is 44.2 Å². The van der Waals surface area contributed by atoms with E-state index >= 15 is 0 Å². The summed E-state index contributed by atoms with van der Waals surface area (Å²) in [5.41, 5.74) is 2.04. The van der Waals surface area contributed by atoms with Crippen molar-refractivity contribution in [2.24, 2.45) is 5.92 Å². The number of carbonyl (C=O) groups is 3. The second-order valence-corrected chi connectivity index (χ2v) is 10.3. The molecule has 0 aromatic heterocycles. The molecule has 0 spiro atoms. The van der Waals surface area contributed by atoms with Gasteiger partial charge in [-0.05, 0) is 48.4 Å². The lowest BCUT2D eigenvalue weighted by molar-refractivity contribution is -0.190. The van der Waals surface area contributed by atoms with Crippen LogP contribution in [-0.4, -0.2) is 76.6 Å². The van der Waals surface area contributed by atoms with Crippen molar-refractivity contribution in [3.63, 3.8) is 0 Å². The first-order valence-corrected chi connectivity index (χ1v) is 13.5. The van der Waals surface area contributed by atoms with Crippen LogP contribution in [0, 0.1) is 11.7 Å². The third-order valence-electron chi connectivity index (χ3n) is 7.61. The Balaban J connectivity index is 1.49. The van der Waals surface area contributed by atoms with E-state index in [1.165, 1.54) is 17.7 Å². The minimum atomic E-state index is -0.610. The summed E-state index contributed by atoms with van der Waals surface area (Å²) in [5, 5.41) is 6.09. The zero-order valence-electron chi connectivity index (χ0n) is 22.5. The number of fused-ring (bicyclic) bond motifs is 1. The molecule has 1 N–H and O–H groups in total. The topological polar surface area (TPSA) is 76.2 Å². The van der Waals surface area contributed by atoms with Crippen LogP contribution in [0.15, 0.2) is 54.6 Å². The number of hydrogen-bond donors (Lipinski definition) is 1. The van der Waals surface area contributed by atoms with Crippen LogP contribution in [-0.2, 0) is 22.6 Å². The number of unbranched alkanes of at least 4 members (excludes halogenated alkanes) is 1. The molecule has 4 amide bonds. The van der Waals surface area contributed by atoms with Gasteiger partial charge in [-0.3, -0.25) is 9.59 Å². The van der Waals surface area contributed by atoms with E-state index in [4.69, 9.17) is 0 Å². The molecule has 4 rings (SSSR count). The Kier molecular flexibility index (Phi) is 8.99. The molecule has 204 valence electrons. The molecular formula is C29H38FN5O3. The number of hydrogen-bond acceptors (Lipinski definition) is 4. The van der Waals surface area contributed by atoms with Gasteiger partial charge in [-0.15, -0.1) is 0 Å². The van der Waals surface area contributed by atoms with Gasteiger partial charge in [0.05, 0.1) is 13.1 Å². The maximum atomic E-state index is 13.7. The van der Waals surface area contributed by atoms with Crippen molar-refractivity contribution < 1.29 is 18.8 Å². The van der Waals surface area contributed by atoms with Gasteiger partial charge in [0.1, 0.15) is 18.0 Å². The van der Waals surface area contributed by atoms with E-state index in [1.54, 1.807) is 34.1 Å². The van der Waals surface area contributed by atoms with Crippen LogP contribution in [0.5, 0.6) is 0 Å². The van der Waals surface area contributed by atoms with Gasteiger partial charge >= 0.3 is 6.03 Å². The molecule has 2 aliphatic rings. The SMILES string of the molecule is CCC(C)[C@H]1C(=O)N(CCCCc2ccccc2)C[C@H]2N1C(=O)CN(C)N2C(=O)NCc1ccc(F)cc1. The summed E-state index contributed by atoms with van der Waals surface area (Å²) in [4.78, 5) is 43.8. The summed E-state index contributed by atoms with van der Waals surface area (Å²) >= 11 is 0. The zero-order valence-corrected chi connectivity index (χ0v) is 22.5. The number of nitrogens with one attached hydrogen (secondary N) is 1. The summed E-state index contributed by atoms with van der Waals surface area (Å²) in [5.74, 6) is -0.576. The van der Waals surface area contributed by atoms with Gasteiger partial charge in [-0.25, -0.2) is 19.2 Å². The van der Waals surface area contributed by atoms with E-state index in [0.717, 1.165) is 31.2 Å². The van der Waals surface area contributed by atoms with E-state index < -0.39 is 12.2 Å². The molecule has 2 saturated heterocycles. The number of amides is 4. The predicted octanol–water partition coefficient (Wildman–Crippen LogP) is 3.63. The Morgan fingerprint density at radius 3 is 2.45 bits per heavy atom. The van der Waals surface area contributed by atoms with Gasteiger partial charge in [0.25, 0.3) is 0 Å². The van der Waals surface area contributed by atoms with Crippen LogP contribution < -0.4 is 5.32 Å². The quantitative estimate of drug-likeness (QED) is 0.510. The molecule has 2 fully saturated rings. The number of rotatable bonds is 9. The summed E-state index contributed by atoms with van der Waals surface area (Å²) < 4.78 is 13.3. The van der Waals surface area contributed by atoms with E-state index in [9.17, 15) is 18.8 Å². The molecule has 2 aromatic rings. The third-order valence-corrected chi connectivity index (χ3v) is 7.61. The average molecular weight is 524 g/mol. The van der Waals surface area contributed by atoms with Crippen LogP contribution in [0.4, 0.5) is 9.18 Å². The van der Waals surface area contributed by atoms with Crippen LogP contribution >= 0.6 is 0 Å². The van der Waals surface area contributed by atoms with E-state index in [1.807, 2.05) is 36.9 Å². The zero-order chi connectivity index (χ0) is 27.2. The smallest absolute Gasteiger partial charge is 0.334 e. The minimum Gasteiger partial charge on any atom is -0.337 e. The van der Waals surface area contributed by atoms with E-state index in [2.05, 4.69) is 17.4 Å². The highest BCUT2D eigenvalue weighted by Crippen LogP contribution is 2.30. The predicted molar refractivity (Wildman–Crippen MR) is 143 cm³/mol. The molecule has 9 heteroatoms. The highest BCUT2D eigenvalue weighted by Gasteiger charge is 2.51.